The Hall–Kier alpha value is -5.99. The highest BCUT2D eigenvalue weighted by Gasteiger charge is 2.44. The highest BCUT2D eigenvalue weighted by atomic mass is 16.5. The number of carbonyl (C=O) groups is 9. The molecular formula is C57H89N9O11. The van der Waals surface area contributed by atoms with Crippen LogP contribution in [-0.2, 0) is 59.0 Å². The van der Waals surface area contributed by atoms with Crippen LogP contribution in [0.1, 0.15) is 125 Å². The number of unbranched alkanes of at least 4 members (excludes halogenated alkanes) is 2. The third-order valence-electron chi connectivity index (χ3n) is 15.8. The molecule has 428 valence electrons. The van der Waals surface area contributed by atoms with Gasteiger partial charge in [-0.2, -0.15) is 0 Å². The Morgan fingerprint density at radius 3 is 2.14 bits per heavy atom. The average molecular weight is 1080 g/mol. The van der Waals surface area contributed by atoms with Crippen molar-refractivity contribution < 1.29 is 52.6 Å². The molecule has 2 aliphatic rings. The number of ether oxygens (including phenoxy) is 2. The molecule has 77 heavy (non-hydrogen) atoms. The normalized spacial score (nSPS) is 17.8. The number of methoxy groups -OCH3 is 2. The second kappa shape index (κ2) is 30.2. The first kappa shape index (κ1) is 63.5. The second-order valence-electron chi connectivity index (χ2n) is 21.9. The number of ketones is 1. The molecule has 4 rings (SSSR count). The maximum atomic E-state index is 14.8. The molecule has 1 fully saturated rings. The number of nitrogens with two attached hydrogens (primary N) is 1. The highest BCUT2D eigenvalue weighted by Crippen LogP contribution is 2.31. The van der Waals surface area contributed by atoms with Crippen LogP contribution in [-0.4, -0.2) is 174 Å². The van der Waals surface area contributed by atoms with Gasteiger partial charge in [-0.1, -0.05) is 79.5 Å². The van der Waals surface area contributed by atoms with E-state index in [1.54, 1.807) is 30.0 Å². The molecule has 2 aromatic rings. The maximum Gasteiger partial charge on any atom is 0.253 e. The van der Waals surface area contributed by atoms with Crippen LogP contribution >= 0.6 is 0 Å². The minimum atomic E-state index is -0.982. The molecule has 0 bridgehead atoms. The van der Waals surface area contributed by atoms with Gasteiger partial charge in [0.25, 0.3) is 11.8 Å². The molecule has 1 aromatic carbocycles. The lowest BCUT2D eigenvalue weighted by Crippen LogP contribution is -2.55. The van der Waals surface area contributed by atoms with Gasteiger partial charge >= 0.3 is 0 Å². The van der Waals surface area contributed by atoms with Gasteiger partial charge in [0.1, 0.15) is 6.04 Å². The van der Waals surface area contributed by atoms with Gasteiger partial charge in [-0.25, -0.2) is 0 Å². The number of rotatable bonds is 32. The molecule has 0 unspecified atom stereocenters. The number of likely N-dealkylation sites (tertiary alicyclic amines) is 1. The number of H-pyrrole nitrogens is 1. The van der Waals surface area contributed by atoms with Crippen LogP contribution in [0.4, 0.5) is 0 Å². The number of para-hydroxylation sites is 1. The number of primary amides is 1. The minimum absolute atomic E-state index is 0.0138. The van der Waals surface area contributed by atoms with E-state index in [9.17, 15) is 43.2 Å². The van der Waals surface area contributed by atoms with E-state index < -0.39 is 60.0 Å². The first-order chi connectivity index (χ1) is 36.5. The van der Waals surface area contributed by atoms with E-state index in [0.29, 0.717) is 64.6 Å². The first-order valence-electron chi connectivity index (χ1n) is 27.6. The van der Waals surface area contributed by atoms with E-state index in [1.807, 2.05) is 77.8 Å². The average Bonchev–Trinajstić information content (AvgIpc) is 4.12. The number of aromatic nitrogens is 1. The van der Waals surface area contributed by atoms with Crippen molar-refractivity contribution >= 4 is 63.9 Å². The van der Waals surface area contributed by atoms with Crippen LogP contribution in [0.3, 0.4) is 0 Å². The summed E-state index contributed by atoms with van der Waals surface area (Å²) >= 11 is 0. The van der Waals surface area contributed by atoms with Crippen LogP contribution in [0.2, 0.25) is 0 Å². The number of imide groups is 1. The van der Waals surface area contributed by atoms with E-state index in [0.717, 1.165) is 16.5 Å². The fourth-order valence-corrected chi connectivity index (χ4v) is 11.2. The molecule has 0 spiro atoms. The second-order valence-corrected chi connectivity index (χ2v) is 21.9. The standard InChI is InChI=1S/C57H89N9O11/c1-13-37(6)53(46(76-11)33-51(72)65-30-19-23-44(65)54(77-12)38(7)56(74)60-43(55(58)73)31-39-34-59-42-22-17-16-21-40(39)42)63(9)57(75)41(35(2)3)32-45(67)52(36(4)5)62(8)28-20-25-48(69)64(10)61-47(68)24-15-14-18-29-66-49(70)26-27-50(66)71/h16-17,21-22,26-27,34-38,41,43-44,46,52-54,59H,13-15,18-20,23-25,28-33H2,1-12H3,(H2,58,73)(H,60,74)(H,61,68)/t37-,38+,41-,43-,44-,46+,52-,53-,54+/m0/s1. The van der Waals surface area contributed by atoms with E-state index in [4.69, 9.17) is 15.2 Å². The summed E-state index contributed by atoms with van der Waals surface area (Å²) in [5.74, 6) is -4.75. The Labute approximate surface area is 455 Å². The number of aromatic amines is 1. The van der Waals surface area contributed by atoms with Crippen molar-refractivity contribution in [2.24, 2.45) is 35.3 Å². The predicted octanol–water partition coefficient (Wildman–Crippen LogP) is 4.54. The first-order valence-corrected chi connectivity index (χ1v) is 27.6. The van der Waals surface area contributed by atoms with Crippen molar-refractivity contribution in [3.63, 3.8) is 0 Å². The molecular weight excluding hydrogens is 987 g/mol. The lowest BCUT2D eigenvalue weighted by Gasteiger charge is -2.41. The quantitative estimate of drug-likeness (QED) is 0.0448. The number of Topliss-reactive ketones (excluding diaryl/α,β-unsaturated/α-hetero) is 1. The van der Waals surface area contributed by atoms with Crippen LogP contribution in [0.5, 0.6) is 0 Å². The molecule has 8 amide bonds. The Bertz CT molecular complexity index is 2370. The van der Waals surface area contributed by atoms with E-state index in [2.05, 4.69) is 15.7 Å². The number of nitrogens with one attached hydrogen (secondary N) is 3. The summed E-state index contributed by atoms with van der Waals surface area (Å²) in [6, 6.07) is 5.17. The topological polar surface area (TPSA) is 254 Å². The Balaban J connectivity index is 1.34. The Kier molecular flexibility index (Phi) is 25.0. The van der Waals surface area contributed by atoms with Crippen molar-refractivity contribution in [2.45, 2.75) is 162 Å². The minimum Gasteiger partial charge on any atom is -0.379 e. The molecule has 0 aliphatic carbocycles. The molecule has 20 heteroatoms. The van der Waals surface area contributed by atoms with Crippen molar-refractivity contribution in [3.8, 4) is 0 Å². The lowest BCUT2D eigenvalue weighted by atomic mass is 9.83. The fraction of sp³-hybridized carbons (Fsp3) is 0.667. The Morgan fingerprint density at radius 2 is 1.53 bits per heavy atom. The van der Waals surface area contributed by atoms with E-state index >= 15 is 0 Å². The lowest BCUT2D eigenvalue weighted by molar-refractivity contribution is -0.149. The fourth-order valence-electron chi connectivity index (χ4n) is 11.2. The van der Waals surface area contributed by atoms with Crippen LogP contribution < -0.4 is 16.5 Å². The molecule has 9 atom stereocenters. The van der Waals surface area contributed by atoms with Crippen LogP contribution in [0, 0.1) is 29.6 Å². The summed E-state index contributed by atoms with van der Waals surface area (Å²) < 4.78 is 12.1. The largest absolute Gasteiger partial charge is 0.379 e. The zero-order valence-electron chi connectivity index (χ0n) is 47.8. The van der Waals surface area contributed by atoms with Crippen LogP contribution in [0.15, 0.2) is 42.6 Å². The summed E-state index contributed by atoms with van der Waals surface area (Å²) in [5, 5.41) is 4.95. The smallest absolute Gasteiger partial charge is 0.253 e. The highest BCUT2D eigenvalue weighted by molar-refractivity contribution is 6.12. The number of likely N-dealkylation sites (N-methyl/N-ethyl adjacent to an activating group) is 2. The third-order valence-corrected chi connectivity index (χ3v) is 15.8. The predicted molar refractivity (Wildman–Crippen MR) is 293 cm³/mol. The van der Waals surface area contributed by atoms with Crippen molar-refractivity contribution in [1.29, 1.82) is 0 Å². The molecule has 1 aromatic heterocycles. The zero-order chi connectivity index (χ0) is 57.3. The maximum absolute atomic E-state index is 14.8. The molecule has 5 N–H and O–H groups in total. The molecule has 0 saturated carbocycles. The summed E-state index contributed by atoms with van der Waals surface area (Å²) in [6.07, 6.45) is 7.39. The number of hydrogen-bond donors (Lipinski definition) is 4. The summed E-state index contributed by atoms with van der Waals surface area (Å²) in [7, 11) is 8.09. The number of hydrogen-bond acceptors (Lipinski definition) is 12. The zero-order valence-corrected chi connectivity index (χ0v) is 47.8. The van der Waals surface area contributed by atoms with Gasteiger partial charge in [-0.05, 0) is 75.1 Å². The molecule has 0 radical (unpaired) electrons. The van der Waals surface area contributed by atoms with Crippen molar-refractivity contribution in [2.75, 3.05) is 55.0 Å². The van der Waals surface area contributed by atoms with Crippen LogP contribution in [0.25, 0.3) is 10.9 Å². The molecule has 20 nitrogen and oxygen atoms in total. The van der Waals surface area contributed by atoms with Gasteiger partial charge in [0.2, 0.25) is 35.4 Å². The Morgan fingerprint density at radius 1 is 0.857 bits per heavy atom. The number of hydrazine groups is 1. The number of fused-ring (bicyclic) bond motifs is 1. The van der Waals surface area contributed by atoms with Gasteiger partial charge < -0.3 is 35.3 Å². The number of nitrogens with zero attached hydrogens (tertiary/aromatic N) is 5. The van der Waals surface area contributed by atoms with Gasteiger partial charge in [0, 0.05) is 102 Å². The summed E-state index contributed by atoms with van der Waals surface area (Å²) in [4.78, 5) is 129. The SMILES string of the molecule is CC[C@H](C)[C@@H]([C@@H](CC(=O)N1CCC[C@H]1[C@H](OC)[C@@H](C)C(=O)N[C@@H](Cc1c[nH]c2ccccc12)C(N)=O)OC)N(C)C(=O)[C@@H](CC(=O)[C@H](C(C)C)N(C)CCCC(=O)N(C)NC(=O)CCCCCN1C(=O)C=CC1=O)C(C)C. The van der Waals surface area contributed by atoms with Gasteiger partial charge in [0.05, 0.1) is 42.7 Å². The van der Waals surface area contributed by atoms with E-state index in [1.165, 1.54) is 43.3 Å². The number of carbonyl (C=O) groups excluding carboxylic acids is 9. The van der Waals surface area contributed by atoms with E-state index in [-0.39, 0.29) is 91.1 Å². The van der Waals surface area contributed by atoms with Gasteiger partial charge in [-0.3, -0.25) is 63.4 Å². The molecule has 3 heterocycles. The molecule has 1 saturated heterocycles. The number of benzene rings is 1. The monoisotopic (exact) mass is 1080 g/mol. The van der Waals surface area contributed by atoms with Gasteiger partial charge in [0.15, 0.2) is 5.78 Å². The molecule has 2 aliphatic heterocycles. The van der Waals surface area contributed by atoms with Crippen molar-refractivity contribution in [3.05, 3.63) is 48.2 Å². The summed E-state index contributed by atoms with van der Waals surface area (Å²) in [5.41, 5.74) is 10.2. The summed E-state index contributed by atoms with van der Waals surface area (Å²) in [6.45, 7) is 14.7. The number of amides is 8. The van der Waals surface area contributed by atoms with Gasteiger partial charge in [-0.15, -0.1) is 0 Å². The van der Waals surface area contributed by atoms with Crippen molar-refractivity contribution in [1.82, 2.24) is 40.3 Å². The third kappa shape index (κ3) is 17.3.